The van der Waals surface area contributed by atoms with Gasteiger partial charge in [-0.1, -0.05) is 24.8 Å². The largest absolute Gasteiger partial charge is 0.478 e. The maximum absolute atomic E-state index is 10.9. The van der Waals surface area contributed by atoms with E-state index in [9.17, 15) is 4.79 Å². The first kappa shape index (κ1) is 11.0. The van der Waals surface area contributed by atoms with Crippen molar-refractivity contribution >= 4 is 38.4 Å². The molecule has 1 aromatic carbocycles. The molecule has 3 nitrogen and oxygen atoms in total. The van der Waals surface area contributed by atoms with Crippen molar-refractivity contribution in [2.24, 2.45) is 7.05 Å². The average molecular weight is 280 g/mol. The van der Waals surface area contributed by atoms with Crippen LogP contribution in [0.1, 0.15) is 5.69 Å². The number of carbonyl (C=O) groups is 1. The summed E-state index contributed by atoms with van der Waals surface area (Å²) in [6.45, 7) is 3.59. The number of aromatic nitrogens is 1. The van der Waals surface area contributed by atoms with Crippen molar-refractivity contribution in [1.29, 1.82) is 0 Å². The summed E-state index contributed by atoms with van der Waals surface area (Å²) < 4.78 is 2.61. The molecule has 16 heavy (non-hydrogen) atoms. The third-order valence-electron chi connectivity index (χ3n) is 2.59. The van der Waals surface area contributed by atoms with E-state index in [1.165, 1.54) is 0 Å². The summed E-state index contributed by atoms with van der Waals surface area (Å²) >= 11 is 3.43. The molecule has 1 aromatic heterocycles. The zero-order valence-electron chi connectivity index (χ0n) is 8.70. The normalized spacial score (nSPS) is 10.6. The van der Waals surface area contributed by atoms with E-state index in [-0.39, 0.29) is 5.57 Å². The Hall–Kier alpha value is -1.55. The number of benzene rings is 1. The average Bonchev–Trinajstić information content (AvgIpc) is 2.52. The van der Waals surface area contributed by atoms with Gasteiger partial charge in [-0.2, -0.15) is 0 Å². The quantitative estimate of drug-likeness (QED) is 0.859. The Bertz CT molecular complexity index is 559. The van der Waals surface area contributed by atoms with Crippen molar-refractivity contribution < 1.29 is 9.90 Å². The molecule has 0 bridgehead atoms. The number of hydrogen-bond acceptors (Lipinski definition) is 1. The van der Waals surface area contributed by atoms with Gasteiger partial charge in [0.25, 0.3) is 0 Å². The third-order valence-corrected chi connectivity index (χ3v) is 3.39. The topological polar surface area (TPSA) is 42.2 Å². The zero-order valence-corrected chi connectivity index (χ0v) is 10.3. The second-order valence-electron chi connectivity index (χ2n) is 3.52. The molecule has 1 heterocycles. The van der Waals surface area contributed by atoms with Gasteiger partial charge in [0.1, 0.15) is 0 Å². The molecule has 0 saturated carbocycles. The fourth-order valence-corrected chi connectivity index (χ4v) is 2.62. The Labute approximate surface area is 101 Å². The predicted molar refractivity (Wildman–Crippen MR) is 67.3 cm³/mol. The number of nitrogens with zero attached hydrogens (tertiary/aromatic N) is 1. The van der Waals surface area contributed by atoms with Gasteiger partial charge in [0.15, 0.2) is 0 Å². The number of rotatable bonds is 2. The number of halogens is 1. The van der Waals surface area contributed by atoms with Gasteiger partial charge in [-0.05, 0) is 22.0 Å². The van der Waals surface area contributed by atoms with Crippen molar-refractivity contribution in [2.75, 3.05) is 0 Å². The van der Waals surface area contributed by atoms with Crippen molar-refractivity contribution in [3.63, 3.8) is 0 Å². The van der Waals surface area contributed by atoms with Crippen LogP contribution in [0.3, 0.4) is 0 Å². The number of aryl methyl sites for hydroxylation is 1. The molecule has 0 aliphatic carbocycles. The summed E-state index contributed by atoms with van der Waals surface area (Å²) in [6, 6.07) is 7.72. The summed E-state index contributed by atoms with van der Waals surface area (Å²) in [5, 5.41) is 9.96. The molecular weight excluding hydrogens is 270 g/mol. The van der Waals surface area contributed by atoms with Crippen LogP contribution < -0.4 is 0 Å². The summed E-state index contributed by atoms with van der Waals surface area (Å²) in [7, 11) is 1.83. The van der Waals surface area contributed by atoms with Crippen molar-refractivity contribution in [1.82, 2.24) is 4.57 Å². The fourth-order valence-electron chi connectivity index (χ4n) is 1.78. The van der Waals surface area contributed by atoms with Crippen LogP contribution in [0.5, 0.6) is 0 Å². The number of para-hydroxylation sites is 1. The van der Waals surface area contributed by atoms with Gasteiger partial charge < -0.3 is 9.67 Å². The number of carboxylic acids is 1. The molecule has 2 rings (SSSR count). The van der Waals surface area contributed by atoms with E-state index in [4.69, 9.17) is 5.11 Å². The van der Waals surface area contributed by atoms with Crippen LogP contribution in [0.15, 0.2) is 35.3 Å². The van der Waals surface area contributed by atoms with E-state index in [0.29, 0.717) is 5.69 Å². The molecule has 2 aromatic rings. The molecule has 0 atom stereocenters. The summed E-state index contributed by atoms with van der Waals surface area (Å²) in [6.07, 6.45) is 0. The van der Waals surface area contributed by atoms with Crippen molar-refractivity contribution in [3.8, 4) is 0 Å². The van der Waals surface area contributed by atoms with Gasteiger partial charge >= 0.3 is 5.97 Å². The molecule has 0 spiro atoms. The van der Waals surface area contributed by atoms with Gasteiger partial charge in [-0.3, -0.25) is 0 Å². The Kier molecular flexibility index (Phi) is 2.59. The van der Waals surface area contributed by atoms with Crippen LogP contribution in [0.2, 0.25) is 0 Å². The first-order valence-electron chi connectivity index (χ1n) is 4.69. The summed E-state index contributed by atoms with van der Waals surface area (Å²) in [5.41, 5.74) is 1.67. The minimum absolute atomic E-state index is 0.0885. The first-order valence-corrected chi connectivity index (χ1v) is 5.49. The first-order chi connectivity index (χ1) is 7.54. The second-order valence-corrected chi connectivity index (χ2v) is 4.32. The van der Waals surface area contributed by atoms with E-state index < -0.39 is 5.97 Å². The maximum Gasteiger partial charge on any atom is 0.337 e. The Morgan fingerprint density at radius 2 is 2.06 bits per heavy atom. The molecule has 4 heteroatoms. The van der Waals surface area contributed by atoms with Gasteiger partial charge in [0, 0.05) is 18.0 Å². The van der Waals surface area contributed by atoms with E-state index in [0.717, 1.165) is 15.4 Å². The molecular formula is C12H10BrNO2. The molecule has 0 fully saturated rings. The van der Waals surface area contributed by atoms with Crippen LogP contribution in [0.4, 0.5) is 0 Å². The van der Waals surface area contributed by atoms with Crippen molar-refractivity contribution in [3.05, 3.63) is 41.0 Å². The molecule has 82 valence electrons. The highest BCUT2D eigenvalue weighted by Crippen LogP contribution is 2.33. The summed E-state index contributed by atoms with van der Waals surface area (Å²) in [4.78, 5) is 10.9. The fraction of sp³-hybridized carbons (Fsp3) is 0.0833. The lowest BCUT2D eigenvalue weighted by Crippen LogP contribution is -2.03. The third kappa shape index (κ3) is 1.46. The van der Waals surface area contributed by atoms with Crippen LogP contribution in [-0.4, -0.2) is 15.6 Å². The molecule has 0 amide bonds. The van der Waals surface area contributed by atoms with Gasteiger partial charge in [-0.25, -0.2) is 4.79 Å². The number of hydrogen-bond donors (Lipinski definition) is 1. The molecule has 0 unspecified atom stereocenters. The number of aliphatic carboxylic acids is 1. The lowest BCUT2D eigenvalue weighted by Gasteiger charge is -2.03. The van der Waals surface area contributed by atoms with Gasteiger partial charge in [0.05, 0.1) is 15.7 Å². The Morgan fingerprint density at radius 1 is 1.44 bits per heavy atom. The van der Waals surface area contributed by atoms with Crippen LogP contribution >= 0.6 is 15.9 Å². The van der Waals surface area contributed by atoms with E-state index in [1.54, 1.807) is 0 Å². The highest BCUT2D eigenvalue weighted by molar-refractivity contribution is 9.10. The predicted octanol–water partition coefficient (Wildman–Crippen LogP) is 3.04. The minimum atomic E-state index is -1.01. The Morgan fingerprint density at radius 3 is 2.62 bits per heavy atom. The highest BCUT2D eigenvalue weighted by Gasteiger charge is 2.18. The van der Waals surface area contributed by atoms with E-state index in [2.05, 4.69) is 22.5 Å². The minimum Gasteiger partial charge on any atom is -0.478 e. The molecule has 0 radical (unpaired) electrons. The van der Waals surface area contributed by atoms with Gasteiger partial charge in [-0.15, -0.1) is 0 Å². The Balaban J connectivity index is 2.81. The monoisotopic (exact) mass is 279 g/mol. The number of carboxylic acid groups (broad SMARTS) is 1. The zero-order chi connectivity index (χ0) is 11.9. The maximum atomic E-state index is 10.9. The smallest absolute Gasteiger partial charge is 0.337 e. The highest BCUT2D eigenvalue weighted by atomic mass is 79.9. The van der Waals surface area contributed by atoms with Crippen LogP contribution in [-0.2, 0) is 11.8 Å². The van der Waals surface area contributed by atoms with Gasteiger partial charge in [0.2, 0.25) is 0 Å². The van der Waals surface area contributed by atoms with E-state index >= 15 is 0 Å². The summed E-state index contributed by atoms with van der Waals surface area (Å²) in [5.74, 6) is -1.01. The van der Waals surface area contributed by atoms with Crippen molar-refractivity contribution in [2.45, 2.75) is 0 Å². The van der Waals surface area contributed by atoms with E-state index in [1.807, 2.05) is 35.9 Å². The molecule has 0 aliphatic heterocycles. The van der Waals surface area contributed by atoms with Crippen LogP contribution in [0.25, 0.3) is 16.5 Å². The molecule has 0 aliphatic rings. The lowest BCUT2D eigenvalue weighted by molar-refractivity contribution is -0.130. The standard InChI is InChI=1S/C12H10BrNO2/c1-7(12(15)16)11-10(13)8-5-3-4-6-9(8)14(11)2/h3-6H,1H2,2H3,(H,15,16). The molecule has 1 N–H and O–H groups in total. The number of fused-ring (bicyclic) bond motifs is 1. The lowest BCUT2D eigenvalue weighted by atomic mass is 10.2. The molecule has 0 saturated heterocycles. The van der Waals surface area contributed by atoms with Crippen LogP contribution in [0, 0.1) is 0 Å². The SMILES string of the molecule is C=C(C(=O)O)c1c(Br)c2ccccc2n1C. The second kappa shape index (κ2) is 3.79.